The molecule has 4 aliphatic rings. The highest BCUT2D eigenvalue weighted by Gasteiger charge is 2.39. The van der Waals surface area contributed by atoms with E-state index in [-0.39, 0.29) is 16.9 Å². The lowest BCUT2D eigenvalue weighted by molar-refractivity contribution is -0.0660. The molecule has 3 aliphatic heterocycles. The topological polar surface area (TPSA) is 113 Å². The smallest absolute Gasteiger partial charge is 0.274 e. The van der Waals surface area contributed by atoms with Crippen LogP contribution in [0.3, 0.4) is 0 Å². The maximum Gasteiger partial charge on any atom is 0.274 e. The van der Waals surface area contributed by atoms with Gasteiger partial charge in [-0.3, -0.25) is 24.2 Å². The van der Waals surface area contributed by atoms with Crippen molar-refractivity contribution >= 4 is 46.5 Å². The average molecular weight is 666 g/mol. The Bertz CT molecular complexity index is 1970. The van der Waals surface area contributed by atoms with Crippen molar-refractivity contribution in [2.24, 2.45) is 12.5 Å². The highest BCUT2D eigenvalue weighted by molar-refractivity contribution is 7.14. The number of hydrogen-bond donors (Lipinski definition) is 1. The number of nitrogens with one attached hydrogen (secondary N) is 1. The first kappa shape index (κ1) is 30.9. The second-order valence-electron chi connectivity index (χ2n) is 14.0. The van der Waals surface area contributed by atoms with Gasteiger partial charge in [0.2, 0.25) is 0 Å². The van der Waals surface area contributed by atoms with Crippen LogP contribution in [0.5, 0.6) is 0 Å². The predicted octanol–water partition coefficient (Wildman–Crippen LogP) is 4.31. The summed E-state index contributed by atoms with van der Waals surface area (Å²) in [6, 6.07) is 7.94. The number of aromatic nitrogens is 3. The van der Waals surface area contributed by atoms with E-state index in [4.69, 9.17) is 4.74 Å². The lowest BCUT2D eigenvalue weighted by atomic mass is 9.89. The third kappa shape index (κ3) is 5.41. The quantitative estimate of drug-likeness (QED) is 0.289. The summed E-state index contributed by atoms with van der Waals surface area (Å²) in [5.74, 6) is 0.785. The fourth-order valence-corrected chi connectivity index (χ4v) is 9.09. The molecule has 0 unspecified atom stereocenters. The monoisotopic (exact) mass is 665 g/mol. The van der Waals surface area contributed by atoms with E-state index in [2.05, 4.69) is 38.9 Å². The third-order valence-corrected chi connectivity index (χ3v) is 11.4. The first-order valence-electron chi connectivity index (χ1n) is 16.6. The van der Waals surface area contributed by atoms with E-state index < -0.39 is 0 Å². The van der Waals surface area contributed by atoms with E-state index in [1.165, 1.54) is 20.6 Å². The van der Waals surface area contributed by atoms with E-state index in [0.717, 1.165) is 75.5 Å². The molecule has 8 rings (SSSR count). The lowest BCUT2D eigenvalue weighted by Crippen LogP contribution is -2.56. The Hall–Kier alpha value is -4.39. The van der Waals surface area contributed by atoms with Crippen molar-refractivity contribution in [3.63, 3.8) is 0 Å². The molecular formula is C36H39N7O4S. The maximum atomic E-state index is 13.8. The molecule has 4 aromatic heterocycles. The zero-order chi connectivity index (χ0) is 33.2. The number of hydrogen-bond acceptors (Lipinski definition) is 10. The van der Waals surface area contributed by atoms with Gasteiger partial charge in [-0.2, -0.15) is 0 Å². The fraction of sp³-hybridized carbons (Fsp3) is 0.417. The zero-order valence-corrected chi connectivity index (χ0v) is 28.3. The Kier molecular flexibility index (Phi) is 7.69. The molecule has 0 aromatic carbocycles. The van der Waals surface area contributed by atoms with Gasteiger partial charge in [-0.15, -0.1) is 11.3 Å². The van der Waals surface area contributed by atoms with Crippen molar-refractivity contribution in [3.05, 3.63) is 79.7 Å². The molecule has 0 atom stereocenters. The fourth-order valence-electron chi connectivity index (χ4n) is 7.52. The van der Waals surface area contributed by atoms with Gasteiger partial charge < -0.3 is 19.5 Å². The van der Waals surface area contributed by atoms with Gasteiger partial charge in [-0.25, -0.2) is 9.97 Å². The van der Waals surface area contributed by atoms with E-state index in [9.17, 15) is 14.4 Å². The van der Waals surface area contributed by atoms with Crippen LogP contribution in [-0.2, 0) is 31.0 Å². The Morgan fingerprint density at radius 1 is 1.02 bits per heavy atom. The Balaban J connectivity index is 1.03. The van der Waals surface area contributed by atoms with Crippen LogP contribution < -0.4 is 20.7 Å². The molecule has 0 saturated carbocycles. The summed E-state index contributed by atoms with van der Waals surface area (Å²) in [5.41, 5.74) is 5.45. The number of fused-ring (bicyclic) bond motifs is 3. The van der Waals surface area contributed by atoms with Crippen LogP contribution in [-0.4, -0.2) is 83.6 Å². The highest BCUT2D eigenvalue weighted by Crippen LogP contribution is 2.46. The van der Waals surface area contributed by atoms with Gasteiger partial charge in [0.1, 0.15) is 17.3 Å². The summed E-state index contributed by atoms with van der Waals surface area (Å²) in [4.78, 5) is 57.5. The second kappa shape index (κ2) is 11.9. The Morgan fingerprint density at radius 3 is 2.54 bits per heavy atom. The summed E-state index contributed by atoms with van der Waals surface area (Å²) >= 11 is 1.60. The molecule has 1 aliphatic carbocycles. The minimum Gasteiger partial charge on any atom is -0.378 e. The van der Waals surface area contributed by atoms with Gasteiger partial charge in [0, 0.05) is 62.6 Å². The standard InChI is InChI=1S/C36H39N7O4S/c1-36(2)15-27-26-7-9-43(35(46)32(26)48-30(27)16-36)33-28(19-44)25(6-8-37-33)22-14-29(34(45)40(3)18-22)39-31-5-4-23(17-38-31)41-10-12-42(13-11-41)24-20-47-21-24/h4-6,8,14,17-19,24H,7,9-13,15-16,20-21H2,1-3H3,(H,38,39). The lowest BCUT2D eigenvalue weighted by Gasteiger charge is -2.43. The predicted molar refractivity (Wildman–Crippen MR) is 187 cm³/mol. The van der Waals surface area contributed by atoms with E-state index in [1.54, 1.807) is 47.8 Å². The molecule has 4 aromatic rings. The first-order chi connectivity index (χ1) is 23.2. The number of amides is 1. The van der Waals surface area contributed by atoms with Crippen LogP contribution in [0.1, 0.15) is 49.9 Å². The first-order valence-corrected chi connectivity index (χ1v) is 17.4. The van der Waals surface area contributed by atoms with Crippen LogP contribution in [0, 0.1) is 5.41 Å². The van der Waals surface area contributed by atoms with Crippen LogP contribution in [0.15, 0.2) is 47.7 Å². The normalized spacial score (nSPS) is 19.2. The van der Waals surface area contributed by atoms with Gasteiger partial charge in [0.25, 0.3) is 11.5 Å². The number of carbonyl (C=O) groups is 2. The molecule has 1 N–H and O–H groups in total. The van der Waals surface area contributed by atoms with Crippen molar-refractivity contribution in [3.8, 4) is 11.1 Å². The summed E-state index contributed by atoms with van der Waals surface area (Å²) in [5, 5.41) is 3.20. The number of aryl methyl sites for hydroxylation is 1. The second-order valence-corrected chi connectivity index (χ2v) is 15.2. The SMILES string of the molecule is Cn1cc(-c2ccnc(N3CCc4c(sc5c4CC(C)(C)C5)C3=O)c2C=O)cc(Nc2ccc(N3CCN(C4COC4)CC3)cn2)c1=O. The molecule has 248 valence electrons. The number of rotatable bonds is 7. The number of ether oxygens (including phenoxy) is 1. The molecule has 2 fully saturated rings. The van der Waals surface area contributed by atoms with Crippen molar-refractivity contribution in [1.29, 1.82) is 0 Å². The Morgan fingerprint density at radius 2 is 1.83 bits per heavy atom. The Labute approximate surface area is 283 Å². The number of piperazine rings is 1. The zero-order valence-electron chi connectivity index (χ0n) is 27.5. The molecule has 0 bridgehead atoms. The van der Waals surface area contributed by atoms with Crippen molar-refractivity contribution in [2.75, 3.05) is 61.1 Å². The molecule has 7 heterocycles. The molecule has 2 saturated heterocycles. The molecule has 48 heavy (non-hydrogen) atoms. The van der Waals surface area contributed by atoms with Crippen LogP contribution in [0.25, 0.3) is 11.1 Å². The van der Waals surface area contributed by atoms with E-state index in [1.807, 2.05) is 18.3 Å². The largest absolute Gasteiger partial charge is 0.378 e. The number of aldehydes is 1. The minimum atomic E-state index is -0.227. The number of carbonyl (C=O) groups excluding carboxylic acids is 2. The van der Waals surface area contributed by atoms with Crippen molar-refractivity contribution in [2.45, 2.75) is 39.2 Å². The van der Waals surface area contributed by atoms with Gasteiger partial charge >= 0.3 is 0 Å². The summed E-state index contributed by atoms with van der Waals surface area (Å²) < 4.78 is 6.84. The summed E-state index contributed by atoms with van der Waals surface area (Å²) in [6.07, 6.45) is 8.63. The molecule has 11 nitrogen and oxygen atoms in total. The molecule has 0 spiro atoms. The van der Waals surface area contributed by atoms with Crippen molar-refractivity contribution < 1.29 is 14.3 Å². The third-order valence-electron chi connectivity index (χ3n) is 10.2. The van der Waals surface area contributed by atoms with Gasteiger partial charge in [0.05, 0.1) is 41.6 Å². The average Bonchev–Trinajstić information content (AvgIpc) is 3.55. The van der Waals surface area contributed by atoms with E-state index >= 15 is 0 Å². The highest BCUT2D eigenvalue weighted by atomic mass is 32.1. The van der Waals surface area contributed by atoms with Crippen LogP contribution in [0.2, 0.25) is 0 Å². The van der Waals surface area contributed by atoms with Gasteiger partial charge in [-0.1, -0.05) is 13.8 Å². The molecular weight excluding hydrogens is 627 g/mol. The molecule has 12 heteroatoms. The minimum absolute atomic E-state index is 0.103. The number of pyridine rings is 3. The maximum absolute atomic E-state index is 13.8. The molecule has 1 amide bonds. The van der Waals surface area contributed by atoms with E-state index in [0.29, 0.717) is 46.6 Å². The molecule has 0 radical (unpaired) electrons. The summed E-state index contributed by atoms with van der Waals surface area (Å²) in [6.45, 7) is 10.5. The number of thiophene rings is 1. The summed E-state index contributed by atoms with van der Waals surface area (Å²) in [7, 11) is 1.68. The van der Waals surface area contributed by atoms with Crippen LogP contribution >= 0.6 is 11.3 Å². The van der Waals surface area contributed by atoms with Gasteiger partial charge in [-0.05, 0) is 65.6 Å². The van der Waals surface area contributed by atoms with Gasteiger partial charge in [0.15, 0.2) is 6.29 Å². The number of anilines is 4. The van der Waals surface area contributed by atoms with Crippen LogP contribution in [0.4, 0.5) is 23.0 Å². The number of nitrogens with zero attached hydrogens (tertiary/aromatic N) is 6. The van der Waals surface area contributed by atoms with Crippen molar-refractivity contribution in [1.82, 2.24) is 19.4 Å².